The van der Waals surface area contributed by atoms with Gasteiger partial charge in [-0.25, -0.2) is 9.59 Å². The zero-order valence-corrected chi connectivity index (χ0v) is 11.8. The fourth-order valence-electron chi connectivity index (χ4n) is 2.45. The predicted octanol–water partition coefficient (Wildman–Crippen LogP) is 3.06. The number of fused-ring (bicyclic) bond motifs is 1. The molecule has 1 aromatic carbocycles. The normalized spacial score (nSPS) is 14.7. The molecule has 3 rings (SSSR count). The third kappa shape index (κ3) is 2.54. The van der Waals surface area contributed by atoms with Gasteiger partial charge in [-0.1, -0.05) is 29.9 Å². The van der Waals surface area contributed by atoms with Gasteiger partial charge in [0.1, 0.15) is 0 Å². The largest absolute Gasteiger partial charge is 0.428 e. The molecule has 1 aromatic heterocycles. The number of benzene rings is 1. The van der Waals surface area contributed by atoms with Crippen LogP contribution in [-0.2, 0) is 0 Å². The van der Waals surface area contributed by atoms with Gasteiger partial charge in [0.2, 0.25) is 0 Å². The van der Waals surface area contributed by atoms with Crippen molar-refractivity contribution in [1.29, 1.82) is 0 Å². The van der Waals surface area contributed by atoms with Crippen molar-refractivity contribution >= 4 is 17.1 Å². The number of hydrogen-bond donors (Lipinski definition) is 1. The van der Waals surface area contributed by atoms with Crippen LogP contribution in [0.1, 0.15) is 21.2 Å². The minimum atomic E-state index is -0.668. The molecule has 0 saturated carbocycles. The number of allylic oxidation sites excluding steroid dienone is 2. The average Bonchev–Trinajstić information content (AvgIpc) is 2.82. The molecular weight excluding hydrogens is 268 g/mol. The maximum Gasteiger partial charge on any atom is 0.428 e. The van der Waals surface area contributed by atoms with Crippen molar-refractivity contribution in [2.45, 2.75) is 19.8 Å². The third-order valence-electron chi connectivity index (χ3n) is 3.67. The zero-order valence-electron chi connectivity index (χ0n) is 11.8. The van der Waals surface area contributed by atoms with Crippen LogP contribution in [0.15, 0.2) is 56.8 Å². The second-order valence-electron chi connectivity index (χ2n) is 5.08. The lowest BCUT2D eigenvalue weighted by molar-refractivity contribution is 0.242. The molecule has 0 atom stereocenters. The van der Waals surface area contributed by atoms with Gasteiger partial charge in [-0.2, -0.15) is 4.57 Å². The van der Waals surface area contributed by atoms with Crippen molar-refractivity contribution in [2.24, 2.45) is 0 Å². The molecule has 1 aliphatic carbocycles. The van der Waals surface area contributed by atoms with Crippen LogP contribution in [0.2, 0.25) is 0 Å². The first-order valence-electron chi connectivity index (χ1n) is 6.91. The van der Waals surface area contributed by atoms with Crippen LogP contribution >= 0.6 is 0 Å². The Bertz CT molecular complexity index is 814. The number of hydrogen-bond acceptors (Lipinski definition) is 3. The van der Waals surface area contributed by atoms with E-state index in [1.54, 1.807) is 24.3 Å². The molecule has 1 aliphatic rings. The summed E-state index contributed by atoms with van der Waals surface area (Å²) in [6, 6.07) is 6.40. The molecule has 0 unspecified atom stereocenters. The Morgan fingerprint density at radius 1 is 1.43 bits per heavy atom. The molecule has 0 saturated heterocycles. The molecular formula is C16H18N2O3. The monoisotopic (exact) mass is 286 g/mol. The zero-order chi connectivity index (χ0) is 14.8. The lowest BCUT2D eigenvalue weighted by atomic mass is 9.99. The number of para-hydroxylation sites is 2. The summed E-state index contributed by atoms with van der Waals surface area (Å²) in [5.74, 6) is -0.668. The van der Waals surface area contributed by atoms with Crippen LogP contribution in [0.3, 0.4) is 0 Å². The fourth-order valence-corrected chi connectivity index (χ4v) is 2.45. The topological polar surface area (TPSA) is 64.2 Å². The van der Waals surface area contributed by atoms with E-state index in [2.05, 4.69) is 18.3 Å². The van der Waals surface area contributed by atoms with E-state index in [-0.39, 0.29) is 1.43 Å². The van der Waals surface area contributed by atoms with Crippen LogP contribution in [0.4, 0.5) is 4.79 Å². The molecule has 2 aromatic rings. The number of aromatic nitrogens is 1. The lowest BCUT2D eigenvalue weighted by Crippen LogP contribution is -2.35. The van der Waals surface area contributed by atoms with Crippen molar-refractivity contribution in [3.05, 3.63) is 58.1 Å². The van der Waals surface area contributed by atoms with Crippen molar-refractivity contribution in [2.75, 3.05) is 6.54 Å². The molecule has 5 nitrogen and oxygen atoms in total. The van der Waals surface area contributed by atoms with Crippen LogP contribution in [-0.4, -0.2) is 17.1 Å². The van der Waals surface area contributed by atoms with E-state index in [1.165, 1.54) is 5.57 Å². The summed E-state index contributed by atoms with van der Waals surface area (Å²) < 4.78 is 6.08. The molecule has 0 radical (unpaired) electrons. The van der Waals surface area contributed by atoms with Crippen molar-refractivity contribution in [3.63, 3.8) is 0 Å². The third-order valence-corrected chi connectivity index (χ3v) is 3.67. The van der Waals surface area contributed by atoms with Gasteiger partial charge in [-0.15, -0.1) is 0 Å². The summed E-state index contributed by atoms with van der Waals surface area (Å²) in [7, 11) is 0. The average molecular weight is 286 g/mol. The Morgan fingerprint density at radius 2 is 2.24 bits per heavy atom. The first-order valence-corrected chi connectivity index (χ1v) is 6.91. The van der Waals surface area contributed by atoms with Gasteiger partial charge >= 0.3 is 11.8 Å². The van der Waals surface area contributed by atoms with E-state index in [1.807, 2.05) is 6.08 Å². The number of amides is 1. The predicted molar refractivity (Wildman–Crippen MR) is 82.5 cm³/mol. The van der Waals surface area contributed by atoms with Gasteiger partial charge in [-0.3, -0.25) is 0 Å². The van der Waals surface area contributed by atoms with E-state index in [9.17, 15) is 9.59 Å². The second kappa shape index (κ2) is 5.44. The Hall–Kier alpha value is -2.56. The van der Waals surface area contributed by atoms with Crippen LogP contribution in [0.25, 0.3) is 11.1 Å². The van der Waals surface area contributed by atoms with Crippen molar-refractivity contribution in [1.82, 2.24) is 9.88 Å². The van der Waals surface area contributed by atoms with Gasteiger partial charge in [0, 0.05) is 7.97 Å². The van der Waals surface area contributed by atoms with Crippen LogP contribution < -0.4 is 11.1 Å². The van der Waals surface area contributed by atoms with Gasteiger partial charge in [-0.05, 0) is 37.5 Å². The molecule has 1 heterocycles. The quantitative estimate of drug-likeness (QED) is 0.922. The van der Waals surface area contributed by atoms with Crippen molar-refractivity contribution in [3.8, 4) is 0 Å². The number of carbonyl (C=O) groups excluding carboxylic acids is 1. The Balaban J connectivity index is 0.00000176. The van der Waals surface area contributed by atoms with E-state index in [0.717, 1.165) is 23.0 Å². The highest BCUT2D eigenvalue weighted by molar-refractivity contribution is 5.88. The molecule has 0 bridgehead atoms. The van der Waals surface area contributed by atoms with E-state index in [0.29, 0.717) is 17.6 Å². The number of oxazole rings is 1. The first kappa shape index (κ1) is 13.4. The van der Waals surface area contributed by atoms with E-state index < -0.39 is 11.8 Å². The molecule has 0 fully saturated rings. The highest BCUT2D eigenvalue weighted by Crippen LogP contribution is 2.17. The standard InChI is InChI=1S/C16H16N2O3.H2/c1-11-6-2-3-7-12(11)10-17-15(19)18-13-8-4-5-9-14(13)21-16(18)20;/h3-5,7-9H,2,6,10H2,1H3,(H,17,19);1H. The summed E-state index contributed by atoms with van der Waals surface area (Å²) in [6.45, 7) is 2.47. The van der Waals surface area contributed by atoms with E-state index in [4.69, 9.17) is 4.42 Å². The summed E-state index contributed by atoms with van der Waals surface area (Å²) in [4.78, 5) is 24.0. The maximum atomic E-state index is 12.2. The molecule has 1 amide bonds. The first-order chi connectivity index (χ1) is 10.2. The summed E-state index contributed by atoms with van der Waals surface area (Å²) in [6.07, 6.45) is 6.16. The summed E-state index contributed by atoms with van der Waals surface area (Å²) >= 11 is 0. The van der Waals surface area contributed by atoms with Crippen LogP contribution in [0, 0.1) is 0 Å². The fraction of sp³-hybridized carbons (Fsp3) is 0.250. The molecule has 110 valence electrons. The molecule has 21 heavy (non-hydrogen) atoms. The highest BCUT2D eigenvalue weighted by atomic mass is 16.4. The molecule has 0 aliphatic heterocycles. The van der Waals surface area contributed by atoms with Gasteiger partial charge in [0.15, 0.2) is 5.58 Å². The highest BCUT2D eigenvalue weighted by Gasteiger charge is 2.15. The van der Waals surface area contributed by atoms with Gasteiger partial charge in [0.25, 0.3) is 0 Å². The smallest absolute Gasteiger partial charge is 0.407 e. The molecule has 1 N–H and O–H groups in total. The van der Waals surface area contributed by atoms with Crippen LogP contribution in [0.5, 0.6) is 0 Å². The van der Waals surface area contributed by atoms with Gasteiger partial charge < -0.3 is 9.73 Å². The SMILES string of the molecule is CC1=C(CNC(=O)n2c(=O)oc3ccccc32)C=CCC1.[HH]. The Labute approximate surface area is 123 Å². The summed E-state index contributed by atoms with van der Waals surface area (Å²) in [5, 5.41) is 2.77. The van der Waals surface area contributed by atoms with Crippen molar-refractivity contribution < 1.29 is 10.6 Å². The molecule has 5 heteroatoms. The number of nitrogens with one attached hydrogen (secondary N) is 1. The maximum absolute atomic E-state index is 12.2. The number of nitrogens with zero attached hydrogens (tertiary/aromatic N) is 1. The Kier molecular flexibility index (Phi) is 3.48. The second-order valence-corrected chi connectivity index (χ2v) is 5.08. The minimum Gasteiger partial charge on any atom is -0.407 e. The van der Waals surface area contributed by atoms with E-state index >= 15 is 0 Å². The molecule has 0 spiro atoms. The number of rotatable bonds is 2. The Morgan fingerprint density at radius 3 is 3.05 bits per heavy atom. The number of carbonyl (C=O) groups is 1. The van der Waals surface area contributed by atoms with Gasteiger partial charge in [0.05, 0.1) is 5.52 Å². The summed E-state index contributed by atoms with van der Waals surface area (Å²) in [5.41, 5.74) is 3.24. The minimum absolute atomic E-state index is 0. The lowest BCUT2D eigenvalue weighted by Gasteiger charge is -2.13.